The lowest BCUT2D eigenvalue weighted by atomic mass is 10.3. The molecule has 1 saturated carbocycles. The van der Waals surface area contributed by atoms with Gasteiger partial charge >= 0.3 is 0 Å². The van der Waals surface area contributed by atoms with E-state index < -0.39 is 0 Å². The van der Waals surface area contributed by atoms with Gasteiger partial charge in [0.05, 0.1) is 11.0 Å². The number of rotatable bonds is 1. The largest absolute Gasteiger partial charge is 0.399 e. The highest BCUT2D eigenvalue weighted by Gasteiger charge is 2.36. The number of aromatic amines is 1. The van der Waals surface area contributed by atoms with Crippen LogP contribution in [0, 0.1) is 5.92 Å². The molecular weight excluding hydrogens is 174 g/mol. The Morgan fingerprint density at radius 2 is 2.29 bits per heavy atom. The lowest BCUT2D eigenvalue weighted by Crippen LogP contribution is -1.83. The molecule has 1 aromatic carbocycles. The number of nitrogen functional groups attached to an aromatic ring is 1. The van der Waals surface area contributed by atoms with E-state index >= 15 is 0 Å². The second kappa shape index (κ2) is 2.50. The fraction of sp³-hybridized carbons (Fsp3) is 0.364. The van der Waals surface area contributed by atoms with E-state index in [1.807, 2.05) is 18.2 Å². The lowest BCUT2D eigenvalue weighted by Gasteiger charge is -1.90. The third-order valence-corrected chi connectivity index (χ3v) is 2.98. The highest BCUT2D eigenvalue weighted by atomic mass is 14.9. The molecule has 1 heterocycles. The first-order chi connectivity index (χ1) is 6.74. The Balaban J connectivity index is 2.11. The molecule has 1 aromatic heterocycles. The van der Waals surface area contributed by atoms with Gasteiger partial charge in [0.2, 0.25) is 0 Å². The molecule has 3 N–H and O–H groups in total. The maximum atomic E-state index is 5.70. The van der Waals surface area contributed by atoms with E-state index in [4.69, 9.17) is 5.73 Å². The molecule has 72 valence electrons. The minimum absolute atomic E-state index is 0.642. The summed E-state index contributed by atoms with van der Waals surface area (Å²) in [7, 11) is 0. The summed E-state index contributed by atoms with van der Waals surface area (Å²) in [6.07, 6.45) is 1.26. The minimum atomic E-state index is 0.642. The van der Waals surface area contributed by atoms with Crippen molar-refractivity contribution in [1.82, 2.24) is 9.97 Å². The number of benzene rings is 1. The molecule has 0 saturated heterocycles. The first-order valence-corrected chi connectivity index (χ1v) is 4.99. The van der Waals surface area contributed by atoms with Crippen LogP contribution in [0.2, 0.25) is 0 Å². The Morgan fingerprint density at radius 1 is 1.50 bits per heavy atom. The van der Waals surface area contributed by atoms with Gasteiger partial charge in [0.1, 0.15) is 5.82 Å². The Hall–Kier alpha value is -1.51. The van der Waals surface area contributed by atoms with E-state index in [2.05, 4.69) is 16.9 Å². The standard InChI is InChI=1S/C11H13N3/c1-6-4-8(6)11-13-9-3-2-7(12)5-10(9)14-11/h2-3,5-6,8H,4,12H2,1H3,(H,13,14). The molecule has 0 spiro atoms. The van der Waals surface area contributed by atoms with E-state index in [9.17, 15) is 0 Å². The highest BCUT2D eigenvalue weighted by molar-refractivity contribution is 5.78. The number of nitrogens with zero attached hydrogens (tertiary/aromatic N) is 1. The zero-order valence-electron chi connectivity index (χ0n) is 8.12. The van der Waals surface area contributed by atoms with Crippen molar-refractivity contribution in [3.63, 3.8) is 0 Å². The van der Waals surface area contributed by atoms with Gasteiger partial charge in [-0.2, -0.15) is 0 Å². The highest BCUT2D eigenvalue weighted by Crippen LogP contribution is 2.45. The number of nitrogens with two attached hydrogens (primary N) is 1. The fourth-order valence-corrected chi connectivity index (χ4v) is 1.93. The van der Waals surface area contributed by atoms with Crippen molar-refractivity contribution < 1.29 is 0 Å². The van der Waals surface area contributed by atoms with Crippen LogP contribution in [0.5, 0.6) is 0 Å². The Labute approximate surface area is 82.3 Å². The molecule has 3 heteroatoms. The number of hydrogen-bond donors (Lipinski definition) is 2. The van der Waals surface area contributed by atoms with Gasteiger partial charge in [0, 0.05) is 11.6 Å². The van der Waals surface area contributed by atoms with Gasteiger partial charge in [0.25, 0.3) is 0 Å². The minimum Gasteiger partial charge on any atom is -0.399 e. The van der Waals surface area contributed by atoms with Crippen LogP contribution in [0.3, 0.4) is 0 Å². The summed E-state index contributed by atoms with van der Waals surface area (Å²) in [6, 6.07) is 5.81. The number of fused-ring (bicyclic) bond motifs is 1. The van der Waals surface area contributed by atoms with Crippen molar-refractivity contribution >= 4 is 16.7 Å². The van der Waals surface area contributed by atoms with Gasteiger partial charge in [-0.15, -0.1) is 0 Å². The predicted octanol–water partition coefficient (Wildman–Crippen LogP) is 2.27. The molecule has 2 unspecified atom stereocenters. The van der Waals surface area contributed by atoms with Crippen LogP contribution < -0.4 is 5.73 Å². The van der Waals surface area contributed by atoms with E-state index in [-0.39, 0.29) is 0 Å². The maximum absolute atomic E-state index is 5.70. The van der Waals surface area contributed by atoms with Crippen LogP contribution in [-0.4, -0.2) is 9.97 Å². The van der Waals surface area contributed by atoms with Gasteiger partial charge < -0.3 is 10.7 Å². The third-order valence-electron chi connectivity index (χ3n) is 2.98. The quantitative estimate of drug-likeness (QED) is 0.673. The summed E-state index contributed by atoms with van der Waals surface area (Å²) in [5.74, 6) is 2.55. The molecule has 0 aliphatic heterocycles. The van der Waals surface area contributed by atoms with Crippen molar-refractivity contribution in [3.05, 3.63) is 24.0 Å². The van der Waals surface area contributed by atoms with E-state index in [1.54, 1.807) is 0 Å². The Kier molecular flexibility index (Phi) is 1.40. The summed E-state index contributed by atoms with van der Waals surface area (Å²) in [5.41, 5.74) is 8.57. The SMILES string of the molecule is CC1CC1c1nc2ccc(N)cc2[nH]1. The molecule has 0 bridgehead atoms. The Morgan fingerprint density at radius 3 is 3.00 bits per heavy atom. The number of nitrogens with one attached hydrogen (secondary N) is 1. The topological polar surface area (TPSA) is 54.7 Å². The van der Waals surface area contributed by atoms with Gasteiger partial charge in [0.15, 0.2) is 0 Å². The molecule has 0 amide bonds. The predicted molar refractivity (Wildman–Crippen MR) is 57.0 cm³/mol. The molecular formula is C11H13N3. The number of hydrogen-bond acceptors (Lipinski definition) is 2. The maximum Gasteiger partial charge on any atom is 0.110 e. The van der Waals surface area contributed by atoms with Crippen LogP contribution in [0.15, 0.2) is 18.2 Å². The average molecular weight is 187 g/mol. The molecule has 1 fully saturated rings. The number of imidazole rings is 1. The summed E-state index contributed by atoms with van der Waals surface area (Å²) in [5, 5.41) is 0. The zero-order chi connectivity index (χ0) is 9.71. The fourth-order valence-electron chi connectivity index (χ4n) is 1.93. The van der Waals surface area contributed by atoms with Crippen LogP contribution in [0.25, 0.3) is 11.0 Å². The molecule has 3 nitrogen and oxygen atoms in total. The van der Waals surface area contributed by atoms with Crippen LogP contribution in [0.1, 0.15) is 25.1 Å². The molecule has 1 aliphatic rings. The number of H-pyrrole nitrogens is 1. The molecule has 0 radical (unpaired) electrons. The molecule has 2 atom stereocenters. The summed E-state index contributed by atoms with van der Waals surface area (Å²) >= 11 is 0. The van der Waals surface area contributed by atoms with Crippen molar-refractivity contribution in [2.45, 2.75) is 19.3 Å². The van der Waals surface area contributed by atoms with Gasteiger partial charge in [-0.05, 0) is 30.5 Å². The molecule has 2 aromatic rings. The first-order valence-electron chi connectivity index (χ1n) is 4.99. The molecule has 14 heavy (non-hydrogen) atoms. The van der Waals surface area contributed by atoms with E-state index in [0.717, 1.165) is 28.5 Å². The first kappa shape index (κ1) is 7.85. The van der Waals surface area contributed by atoms with E-state index in [0.29, 0.717) is 5.92 Å². The summed E-state index contributed by atoms with van der Waals surface area (Å²) in [6.45, 7) is 2.26. The second-order valence-corrected chi connectivity index (χ2v) is 4.22. The monoisotopic (exact) mass is 187 g/mol. The average Bonchev–Trinajstić information content (AvgIpc) is 2.75. The third kappa shape index (κ3) is 1.09. The van der Waals surface area contributed by atoms with Crippen molar-refractivity contribution in [2.75, 3.05) is 5.73 Å². The van der Waals surface area contributed by atoms with Crippen molar-refractivity contribution in [3.8, 4) is 0 Å². The van der Waals surface area contributed by atoms with Crippen molar-refractivity contribution in [1.29, 1.82) is 0 Å². The van der Waals surface area contributed by atoms with Crippen LogP contribution >= 0.6 is 0 Å². The molecule has 1 aliphatic carbocycles. The second-order valence-electron chi connectivity index (χ2n) is 4.22. The lowest BCUT2D eigenvalue weighted by molar-refractivity contribution is 0.867. The molecule has 3 rings (SSSR count). The smallest absolute Gasteiger partial charge is 0.110 e. The normalized spacial score (nSPS) is 25.5. The Bertz CT molecular complexity index is 486. The van der Waals surface area contributed by atoms with Gasteiger partial charge in [-0.3, -0.25) is 0 Å². The van der Waals surface area contributed by atoms with Gasteiger partial charge in [-0.1, -0.05) is 6.92 Å². The zero-order valence-corrected chi connectivity index (χ0v) is 8.12. The summed E-state index contributed by atoms with van der Waals surface area (Å²) < 4.78 is 0. The van der Waals surface area contributed by atoms with Gasteiger partial charge in [-0.25, -0.2) is 4.98 Å². The van der Waals surface area contributed by atoms with Crippen LogP contribution in [0.4, 0.5) is 5.69 Å². The summed E-state index contributed by atoms with van der Waals surface area (Å²) in [4.78, 5) is 7.89. The number of aromatic nitrogens is 2. The van der Waals surface area contributed by atoms with E-state index in [1.165, 1.54) is 6.42 Å². The van der Waals surface area contributed by atoms with Crippen LogP contribution in [-0.2, 0) is 0 Å². The number of anilines is 1. The van der Waals surface area contributed by atoms with Crippen molar-refractivity contribution in [2.24, 2.45) is 5.92 Å².